The van der Waals surface area contributed by atoms with E-state index in [4.69, 9.17) is 0 Å². The Morgan fingerprint density at radius 3 is 2.45 bits per heavy atom. The quantitative estimate of drug-likeness (QED) is 0.910. The smallest absolute Gasteiger partial charge is 0.241 e. The maximum atomic E-state index is 12.4. The summed E-state index contributed by atoms with van der Waals surface area (Å²) >= 11 is 0. The summed E-state index contributed by atoms with van der Waals surface area (Å²) in [7, 11) is 0. The highest BCUT2D eigenvalue weighted by molar-refractivity contribution is 5.95. The normalized spacial score (nSPS) is 17.1. The molecular formula is C19H22N2O. The number of benzene rings is 2. The Bertz CT molecular complexity index is 661. The molecule has 0 saturated heterocycles. The number of carbonyl (C=O) groups excluding carboxylic acids is 1. The largest absolute Gasteiger partial charge is 0.325 e. The van der Waals surface area contributed by atoms with Gasteiger partial charge in [0.05, 0.1) is 6.04 Å². The third-order valence-electron chi connectivity index (χ3n) is 4.24. The Labute approximate surface area is 131 Å². The Kier molecular flexibility index (Phi) is 4.25. The van der Waals surface area contributed by atoms with Gasteiger partial charge in [-0.25, -0.2) is 0 Å². The molecule has 1 aliphatic rings. The lowest BCUT2D eigenvalue weighted by Gasteiger charge is -2.25. The van der Waals surface area contributed by atoms with Crippen LogP contribution in [0.5, 0.6) is 0 Å². The van der Waals surface area contributed by atoms with Crippen molar-refractivity contribution in [3.8, 4) is 0 Å². The predicted octanol–water partition coefficient (Wildman–Crippen LogP) is 3.46. The number of nitrogens with one attached hydrogen (secondary N) is 2. The first-order valence-corrected chi connectivity index (χ1v) is 7.84. The second-order valence-electron chi connectivity index (χ2n) is 6.17. The predicted molar refractivity (Wildman–Crippen MR) is 89.9 cm³/mol. The molecule has 2 N–H and O–H groups in total. The van der Waals surface area contributed by atoms with E-state index in [0.29, 0.717) is 5.92 Å². The van der Waals surface area contributed by atoms with Gasteiger partial charge in [0.1, 0.15) is 0 Å². The van der Waals surface area contributed by atoms with Gasteiger partial charge in [0.15, 0.2) is 0 Å². The maximum absolute atomic E-state index is 12.4. The van der Waals surface area contributed by atoms with Gasteiger partial charge < -0.3 is 10.6 Å². The summed E-state index contributed by atoms with van der Waals surface area (Å²) in [6.45, 7) is 5.08. The van der Waals surface area contributed by atoms with E-state index in [0.717, 1.165) is 18.7 Å². The fraction of sp³-hybridized carbons (Fsp3) is 0.316. The van der Waals surface area contributed by atoms with Gasteiger partial charge in [0.2, 0.25) is 5.91 Å². The molecule has 2 aromatic rings. The number of hydrogen-bond donors (Lipinski definition) is 2. The van der Waals surface area contributed by atoms with Crippen molar-refractivity contribution in [1.29, 1.82) is 0 Å². The monoisotopic (exact) mass is 294 g/mol. The highest BCUT2D eigenvalue weighted by atomic mass is 16.2. The third-order valence-corrected chi connectivity index (χ3v) is 4.24. The first-order valence-electron chi connectivity index (χ1n) is 7.84. The van der Waals surface area contributed by atoms with Crippen LogP contribution in [-0.4, -0.2) is 11.9 Å². The van der Waals surface area contributed by atoms with Crippen molar-refractivity contribution in [3.05, 3.63) is 65.2 Å². The van der Waals surface area contributed by atoms with E-state index in [2.05, 4.69) is 48.7 Å². The van der Waals surface area contributed by atoms with Crippen LogP contribution in [0.15, 0.2) is 48.5 Å². The van der Waals surface area contributed by atoms with Crippen molar-refractivity contribution in [1.82, 2.24) is 5.32 Å². The van der Waals surface area contributed by atoms with Crippen LogP contribution < -0.4 is 10.6 Å². The van der Waals surface area contributed by atoms with E-state index in [1.807, 2.05) is 24.3 Å². The van der Waals surface area contributed by atoms with Gasteiger partial charge in [-0.3, -0.25) is 4.79 Å². The number of hydrogen-bond acceptors (Lipinski definition) is 2. The second kappa shape index (κ2) is 6.32. The van der Waals surface area contributed by atoms with Crippen molar-refractivity contribution in [2.75, 3.05) is 5.32 Å². The van der Waals surface area contributed by atoms with Gasteiger partial charge >= 0.3 is 0 Å². The van der Waals surface area contributed by atoms with Crippen LogP contribution in [0.1, 0.15) is 36.5 Å². The summed E-state index contributed by atoms with van der Waals surface area (Å²) in [5.41, 5.74) is 4.68. The van der Waals surface area contributed by atoms with Gasteiger partial charge in [-0.2, -0.15) is 0 Å². The molecule has 3 rings (SSSR count). The Balaban J connectivity index is 1.65. The van der Waals surface area contributed by atoms with E-state index in [9.17, 15) is 4.79 Å². The van der Waals surface area contributed by atoms with E-state index in [-0.39, 0.29) is 11.9 Å². The lowest BCUT2D eigenvalue weighted by Crippen LogP contribution is -2.44. The third kappa shape index (κ3) is 3.20. The van der Waals surface area contributed by atoms with Crippen molar-refractivity contribution in [2.45, 2.75) is 38.8 Å². The molecule has 3 heteroatoms. The van der Waals surface area contributed by atoms with Crippen LogP contribution in [0.2, 0.25) is 0 Å². The van der Waals surface area contributed by atoms with Crippen LogP contribution in [0, 0.1) is 0 Å². The van der Waals surface area contributed by atoms with Crippen molar-refractivity contribution < 1.29 is 4.79 Å². The lowest BCUT2D eigenvalue weighted by molar-refractivity contribution is -0.118. The van der Waals surface area contributed by atoms with Gasteiger partial charge in [-0.05, 0) is 41.2 Å². The zero-order valence-electron chi connectivity index (χ0n) is 13.1. The Morgan fingerprint density at radius 2 is 1.77 bits per heavy atom. The Morgan fingerprint density at radius 1 is 1.09 bits per heavy atom. The molecule has 0 spiro atoms. The lowest BCUT2D eigenvalue weighted by atomic mass is 9.95. The van der Waals surface area contributed by atoms with Crippen LogP contribution in [0.25, 0.3) is 0 Å². The molecule has 3 nitrogen and oxygen atoms in total. The minimum Gasteiger partial charge on any atom is -0.325 e. The molecule has 0 fully saturated rings. The molecule has 1 unspecified atom stereocenters. The average molecular weight is 294 g/mol. The van der Waals surface area contributed by atoms with Gasteiger partial charge in [0.25, 0.3) is 0 Å². The van der Waals surface area contributed by atoms with Crippen LogP contribution >= 0.6 is 0 Å². The molecule has 0 saturated carbocycles. The zero-order valence-corrected chi connectivity index (χ0v) is 13.1. The molecule has 1 heterocycles. The number of rotatable bonds is 3. The van der Waals surface area contributed by atoms with Crippen LogP contribution in [0.4, 0.5) is 5.69 Å². The fourth-order valence-electron chi connectivity index (χ4n) is 2.82. The van der Waals surface area contributed by atoms with E-state index < -0.39 is 0 Å². The summed E-state index contributed by atoms with van der Waals surface area (Å²) < 4.78 is 0. The molecule has 1 amide bonds. The first kappa shape index (κ1) is 14.8. The number of anilines is 1. The molecule has 114 valence electrons. The summed E-state index contributed by atoms with van der Waals surface area (Å²) in [6.07, 6.45) is 0.742. The van der Waals surface area contributed by atoms with Crippen LogP contribution in [0.3, 0.4) is 0 Å². The average Bonchev–Trinajstić information content (AvgIpc) is 2.55. The SMILES string of the molecule is CC(C)c1ccc(NC(=O)C2Cc3ccccc3CN2)cc1. The highest BCUT2D eigenvalue weighted by Gasteiger charge is 2.23. The van der Waals surface area contributed by atoms with Crippen molar-refractivity contribution in [2.24, 2.45) is 0 Å². The minimum atomic E-state index is -0.167. The maximum Gasteiger partial charge on any atom is 0.241 e. The topological polar surface area (TPSA) is 41.1 Å². The standard InChI is InChI=1S/C19H22N2O/c1-13(2)14-7-9-17(10-8-14)21-19(22)18-11-15-5-3-4-6-16(15)12-20-18/h3-10,13,18,20H,11-12H2,1-2H3,(H,21,22). The van der Waals surface area contributed by atoms with Crippen LogP contribution in [-0.2, 0) is 17.8 Å². The minimum absolute atomic E-state index is 0.0341. The van der Waals surface area contributed by atoms with E-state index >= 15 is 0 Å². The van der Waals surface area contributed by atoms with E-state index in [1.165, 1.54) is 16.7 Å². The highest BCUT2D eigenvalue weighted by Crippen LogP contribution is 2.19. The molecule has 0 aromatic heterocycles. The van der Waals surface area contributed by atoms with E-state index in [1.54, 1.807) is 0 Å². The van der Waals surface area contributed by atoms with Gasteiger partial charge in [-0.1, -0.05) is 50.2 Å². The fourth-order valence-corrected chi connectivity index (χ4v) is 2.82. The molecule has 2 aromatic carbocycles. The number of carbonyl (C=O) groups is 1. The summed E-state index contributed by atoms with van der Waals surface area (Å²) in [6, 6.07) is 16.2. The molecule has 0 radical (unpaired) electrons. The van der Waals surface area contributed by atoms with Gasteiger partial charge in [0, 0.05) is 12.2 Å². The molecule has 0 bridgehead atoms. The summed E-state index contributed by atoms with van der Waals surface area (Å²) in [4.78, 5) is 12.4. The second-order valence-corrected chi connectivity index (χ2v) is 6.17. The number of fused-ring (bicyclic) bond motifs is 1. The summed E-state index contributed by atoms with van der Waals surface area (Å²) in [5, 5.41) is 6.32. The molecule has 22 heavy (non-hydrogen) atoms. The number of amides is 1. The summed E-state index contributed by atoms with van der Waals surface area (Å²) in [5.74, 6) is 0.535. The molecular weight excluding hydrogens is 272 g/mol. The molecule has 1 atom stereocenters. The molecule has 1 aliphatic heterocycles. The van der Waals surface area contributed by atoms with Crippen molar-refractivity contribution >= 4 is 11.6 Å². The Hall–Kier alpha value is -2.13. The zero-order chi connectivity index (χ0) is 15.5. The molecule has 0 aliphatic carbocycles. The van der Waals surface area contributed by atoms with Gasteiger partial charge in [-0.15, -0.1) is 0 Å². The first-order chi connectivity index (χ1) is 10.6. The van der Waals surface area contributed by atoms with Crippen molar-refractivity contribution in [3.63, 3.8) is 0 Å².